The Labute approximate surface area is 190 Å². The molecule has 0 spiro atoms. The van der Waals surface area contributed by atoms with E-state index in [-0.39, 0.29) is 11.6 Å². The van der Waals surface area contributed by atoms with Crippen molar-refractivity contribution < 1.29 is 14.7 Å². The summed E-state index contributed by atoms with van der Waals surface area (Å²) in [4.78, 5) is 27.0. The van der Waals surface area contributed by atoms with E-state index < -0.39 is 17.6 Å². The lowest BCUT2D eigenvalue weighted by molar-refractivity contribution is -0.129. The zero-order valence-electron chi connectivity index (χ0n) is 18.9. The highest BCUT2D eigenvalue weighted by atomic mass is 16.4. The van der Waals surface area contributed by atoms with E-state index in [0.717, 1.165) is 50.6 Å². The molecule has 2 saturated carbocycles. The molecule has 0 aromatic heterocycles. The molecule has 1 amide bonds. The molecule has 3 N–H and O–H groups in total. The van der Waals surface area contributed by atoms with E-state index in [2.05, 4.69) is 22.3 Å². The van der Waals surface area contributed by atoms with Crippen molar-refractivity contribution in [2.45, 2.75) is 89.1 Å². The summed E-state index contributed by atoms with van der Waals surface area (Å²) in [6.45, 7) is 1.09. The van der Waals surface area contributed by atoms with Gasteiger partial charge in [0.2, 0.25) is 0 Å². The summed E-state index contributed by atoms with van der Waals surface area (Å²) in [6.07, 6.45) is 15.3. The third kappa shape index (κ3) is 5.22. The molecule has 172 valence electrons. The first-order valence-corrected chi connectivity index (χ1v) is 12.3. The molecule has 1 aromatic rings. The predicted octanol–water partition coefficient (Wildman–Crippen LogP) is 4.71. The highest BCUT2D eigenvalue weighted by Gasteiger charge is 2.27. The van der Waals surface area contributed by atoms with Gasteiger partial charge in [-0.25, -0.2) is 4.79 Å². The molecule has 6 nitrogen and oxygen atoms in total. The summed E-state index contributed by atoms with van der Waals surface area (Å²) in [5.74, 6) is -1.83. The minimum Gasteiger partial charge on any atom is -0.477 e. The van der Waals surface area contributed by atoms with E-state index in [1.54, 1.807) is 6.08 Å². The van der Waals surface area contributed by atoms with Crippen molar-refractivity contribution in [1.82, 2.24) is 5.32 Å². The minimum absolute atomic E-state index is 0.0637. The normalized spacial score (nSPS) is 20.5. The van der Waals surface area contributed by atoms with Crippen LogP contribution in [-0.4, -0.2) is 41.3 Å². The van der Waals surface area contributed by atoms with Gasteiger partial charge >= 0.3 is 5.97 Å². The number of amides is 1. The van der Waals surface area contributed by atoms with Gasteiger partial charge in [0.05, 0.1) is 5.57 Å². The lowest BCUT2D eigenvalue weighted by Gasteiger charge is -2.40. The average Bonchev–Trinajstić information content (AvgIpc) is 2.82. The smallest absolute Gasteiger partial charge is 0.354 e. The largest absolute Gasteiger partial charge is 0.477 e. The summed E-state index contributed by atoms with van der Waals surface area (Å²) in [7, 11) is 0. The second kappa shape index (κ2) is 10.3. The van der Waals surface area contributed by atoms with Crippen LogP contribution >= 0.6 is 0 Å². The molecule has 0 saturated heterocycles. The number of benzene rings is 1. The van der Waals surface area contributed by atoms with E-state index in [1.165, 1.54) is 49.8 Å². The maximum atomic E-state index is 12.9. The number of nitrogens with one attached hydrogen (secondary N) is 2. The molecule has 1 heterocycles. The first-order valence-electron chi connectivity index (χ1n) is 12.3. The molecular formula is C26H35N3O3. The molecule has 0 atom stereocenters. The number of rotatable bonds is 6. The van der Waals surface area contributed by atoms with Crippen LogP contribution in [0.4, 0.5) is 5.69 Å². The summed E-state index contributed by atoms with van der Waals surface area (Å²) in [6, 6.07) is 6.84. The van der Waals surface area contributed by atoms with Crippen molar-refractivity contribution in [2.24, 2.45) is 0 Å². The number of carboxylic acid groups (broad SMARTS) is 1. The van der Waals surface area contributed by atoms with E-state index >= 15 is 0 Å². The van der Waals surface area contributed by atoms with Gasteiger partial charge < -0.3 is 15.3 Å². The number of aryl methyl sites for hydroxylation is 1. The second-order valence-corrected chi connectivity index (χ2v) is 9.52. The molecule has 0 bridgehead atoms. The SMILES string of the molecule is N=C(C(=O)O)/C(=C/c1ccc2c(c1)CCCN2C1CCCCC1)C(=O)NC1CCCCC1. The number of carbonyl (C=O) groups excluding carboxylic acids is 1. The summed E-state index contributed by atoms with van der Waals surface area (Å²) in [5, 5.41) is 20.4. The standard InChI is InChI=1S/C26H35N3O3/c27-24(26(31)32)22(25(30)28-20-9-3-1-4-10-20)17-18-13-14-23-19(16-18)8-7-15-29(23)21-11-5-2-6-12-21/h13-14,16-17,20-21,27H,1-12,15H2,(H,28,30)(H,31,32)/b22-17-,27-24?. The van der Waals surface area contributed by atoms with Crippen molar-refractivity contribution in [3.63, 3.8) is 0 Å². The van der Waals surface area contributed by atoms with Gasteiger partial charge in [-0.05, 0) is 67.9 Å². The monoisotopic (exact) mass is 437 g/mol. The number of anilines is 1. The maximum Gasteiger partial charge on any atom is 0.354 e. The van der Waals surface area contributed by atoms with Crippen molar-refractivity contribution in [2.75, 3.05) is 11.4 Å². The lowest BCUT2D eigenvalue weighted by atomic mass is 9.90. The van der Waals surface area contributed by atoms with E-state index in [4.69, 9.17) is 5.41 Å². The van der Waals surface area contributed by atoms with Crippen LogP contribution in [-0.2, 0) is 16.0 Å². The molecule has 6 heteroatoms. The second-order valence-electron chi connectivity index (χ2n) is 9.52. The fourth-order valence-electron chi connectivity index (χ4n) is 5.55. The van der Waals surface area contributed by atoms with Crippen LogP contribution in [0, 0.1) is 5.41 Å². The Bertz CT molecular complexity index is 896. The number of carboxylic acids is 1. The number of aliphatic carboxylic acids is 1. The number of nitrogens with zero attached hydrogens (tertiary/aromatic N) is 1. The number of hydrogen-bond acceptors (Lipinski definition) is 4. The van der Waals surface area contributed by atoms with Gasteiger partial charge in [-0.3, -0.25) is 10.2 Å². The van der Waals surface area contributed by atoms with Crippen LogP contribution in [0.25, 0.3) is 6.08 Å². The Balaban J connectivity index is 1.57. The van der Waals surface area contributed by atoms with Gasteiger partial charge in [0.25, 0.3) is 5.91 Å². The van der Waals surface area contributed by atoms with Crippen molar-refractivity contribution in [3.8, 4) is 0 Å². The van der Waals surface area contributed by atoms with Gasteiger partial charge in [-0.2, -0.15) is 0 Å². The quantitative estimate of drug-likeness (QED) is 0.444. The van der Waals surface area contributed by atoms with E-state index in [1.807, 2.05) is 6.07 Å². The molecule has 2 aliphatic carbocycles. The summed E-state index contributed by atoms with van der Waals surface area (Å²) in [5.41, 5.74) is 2.60. The molecule has 1 aromatic carbocycles. The molecule has 32 heavy (non-hydrogen) atoms. The Hall–Kier alpha value is -2.63. The van der Waals surface area contributed by atoms with Gasteiger partial charge in [0, 0.05) is 24.3 Å². The van der Waals surface area contributed by atoms with Crippen LogP contribution in [0.5, 0.6) is 0 Å². The van der Waals surface area contributed by atoms with Crippen LogP contribution in [0.15, 0.2) is 23.8 Å². The minimum atomic E-state index is -1.38. The van der Waals surface area contributed by atoms with Gasteiger partial charge in [-0.1, -0.05) is 44.6 Å². The summed E-state index contributed by atoms with van der Waals surface area (Å²) >= 11 is 0. The van der Waals surface area contributed by atoms with Crippen molar-refractivity contribution >= 4 is 29.4 Å². The predicted molar refractivity (Wildman–Crippen MR) is 127 cm³/mol. The van der Waals surface area contributed by atoms with Gasteiger partial charge in [-0.15, -0.1) is 0 Å². The van der Waals surface area contributed by atoms with E-state index in [0.29, 0.717) is 6.04 Å². The number of carbonyl (C=O) groups is 2. The van der Waals surface area contributed by atoms with Crippen molar-refractivity contribution in [3.05, 3.63) is 34.9 Å². The zero-order valence-corrected chi connectivity index (χ0v) is 18.9. The highest BCUT2D eigenvalue weighted by molar-refractivity contribution is 6.49. The molecule has 1 aliphatic heterocycles. The van der Waals surface area contributed by atoms with Crippen LogP contribution < -0.4 is 10.2 Å². The summed E-state index contributed by atoms with van der Waals surface area (Å²) < 4.78 is 0. The zero-order chi connectivity index (χ0) is 22.5. The Morgan fingerprint density at radius 2 is 1.69 bits per heavy atom. The number of hydrogen-bond donors (Lipinski definition) is 3. The van der Waals surface area contributed by atoms with Crippen LogP contribution in [0.2, 0.25) is 0 Å². The first kappa shape index (κ1) is 22.6. The highest BCUT2D eigenvalue weighted by Crippen LogP contribution is 2.34. The number of fused-ring (bicyclic) bond motifs is 1. The lowest BCUT2D eigenvalue weighted by Crippen LogP contribution is -2.40. The van der Waals surface area contributed by atoms with Crippen molar-refractivity contribution in [1.29, 1.82) is 5.41 Å². The van der Waals surface area contributed by atoms with Gasteiger partial charge in [0.1, 0.15) is 0 Å². The Kier molecular flexibility index (Phi) is 7.28. The Morgan fingerprint density at radius 3 is 2.38 bits per heavy atom. The topological polar surface area (TPSA) is 93.5 Å². The molecule has 4 rings (SSSR count). The van der Waals surface area contributed by atoms with Crippen LogP contribution in [0.1, 0.15) is 81.8 Å². The molecule has 3 aliphatic rings. The van der Waals surface area contributed by atoms with Gasteiger partial charge in [0.15, 0.2) is 5.71 Å². The molecular weight excluding hydrogens is 402 g/mol. The first-order chi connectivity index (χ1) is 15.5. The molecule has 0 radical (unpaired) electrons. The fraction of sp³-hybridized carbons (Fsp3) is 0.577. The Morgan fingerprint density at radius 1 is 1.00 bits per heavy atom. The fourth-order valence-corrected chi connectivity index (χ4v) is 5.55. The maximum absolute atomic E-state index is 12.9. The van der Waals surface area contributed by atoms with Crippen LogP contribution in [0.3, 0.4) is 0 Å². The molecule has 0 unspecified atom stereocenters. The van der Waals surface area contributed by atoms with E-state index in [9.17, 15) is 14.7 Å². The average molecular weight is 438 g/mol. The third-order valence-corrected chi connectivity index (χ3v) is 7.25. The molecule has 2 fully saturated rings. The third-order valence-electron chi connectivity index (χ3n) is 7.25.